The van der Waals surface area contributed by atoms with Crippen LogP contribution in [-0.4, -0.2) is 28.7 Å². The molecule has 1 aromatic rings. The molecule has 0 amide bonds. The summed E-state index contributed by atoms with van der Waals surface area (Å²) in [6, 6.07) is 0.330. The summed E-state index contributed by atoms with van der Waals surface area (Å²) < 4.78 is 6.79. The molecule has 16 heavy (non-hydrogen) atoms. The van der Waals surface area contributed by atoms with E-state index in [0.717, 1.165) is 18.7 Å². The molecular formula is C11H17N3O2. The smallest absolute Gasteiger partial charge is 0.325 e. The normalized spacial score (nSPS) is 19.9. The van der Waals surface area contributed by atoms with E-state index in [1.807, 2.05) is 17.7 Å². The lowest BCUT2D eigenvalue weighted by Gasteiger charge is -2.13. The van der Waals surface area contributed by atoms with Gasteiger partial charge in [0.2, 0.25) is 0 Å². The summed E-state index contributed by atoms with van der Waals surface area (Å²) in [4.78, 5) is 15.5. The van der Waals surface area contributed by atoms with Gasteiger partial charge in [0, 0.05) is 12.2 Å². The molecular weight excluding hydrogens is 206 g/mol. The first-order valence-electron chi connectivity index (χ1n) is 5.70. The van der Waals surface area contributed by atoms with E-state index in [1.54, 1.807) is 6.33 Å². The molecule has 88 valence electrons. The van der Waals surface area contributed by atoms with E-state index in [2.05, 4.69) is 10.3 Å². The molecule has 2 rings (SSSR count). The van der Waals surface area contributed by atoms with E-state index >= 15 is 0 Å². The molecule has 0 bridgehead atoms. The van der Waals surface area contributed by atoms with E-state index < -0.39 is 0 Å². The fourth-order valence-electron chi connectivity index (χ4n) is 2.04. The van der Waals surface area contributed by atoms with Crippen LogP contribution in [0.25, 0.3) is 0 Å². The van der Waals surface area contributed by atoms with Crippen molar-refractivity contribution in [2.24, 2.45) is 0 Å². The maximum Gasteiger partial charge on any atom is 0.325 e. The van der Waals surface area contributed by atoms with E-state index in [0.29, 0.717) is 12.6 Å². The maximum atomic E-state index is 11.4. The van der Waals surface area contributed by atoms with Crippen LogP contribution < -0.4 is 5.32 Å². The molecule has 0 aliphatic carbocycles. The van der Waals surface area contributed by atoms with E-state index in [1.165, 1.54) is 6.42 Å². The number of carbonyl (C=O) groups is 1. The van der Waals surface area contributed by atoms with Gasteiger partial charge in [0.1, 0.15) is 6.54 Å². The van der Waals surface area contributed by atoms with Gasteiger partial charge in [-0.1, -0.05) is 0 Å². The van der Waals surface area contributed by atoms with Crippen LogP contribution in [0.3, 0.4) is 0 Å². The lowest BCUT2D eigenvalue weighted by Crippen LogP contribution is -2.20. The minimum absolute atomic E-state index is 0.209. The topological polar surface area (TPSA) is 56.2 Å². The Morgan fingerprint density at radius 3 is 3.31 bits per heavy atom. The number of carbonyl (C=O) groups excluding carboxylic acids is 1. The average Bonchev–Trinajstić information content (AvgIpc) is 2.86. The predicted octanol–water partition coefficient (Wildman–Crippen LogP) is 0.871. The van der Waals surface area contributed by atoms with Gasteiger partial charge in [-0.2, -0.15) is 0 Å². The molecule has 0 spiro atoms. The largest absolute Gasteiger partial charge is 0.465 e. The number of hydrogen-bond donors (Lipinski definition) is 1. The summed E-state index contributed by atoms with van der Waals surface area (Å²) in [5.74, 6) is -0.209. The molecule has 5 heteroatoms. The molecule has 0 unspecified atom stereocenters. The molecule has 5 nitrogen and oxygen atoms in total. The number of nitrogens with zero attached hydrogens (tertiary/aromatic N) is 2. The zero-order chi connectivity index (χ0) is 11.4. The number of hydrogen-bond acceptors (Lipinski definition) is 4. The molecule has 0 aromatic carbocycles. The van der Waals surface area contributed by atoms with E-state index in [-0.39, 0.29) is 12.5 Å². The third-order valence-electron chi connectivity index (χ3n) is 2.77. The molecule has 1 N–H and O–H groups in total. The highest BCUT2D eigenvalue weighted by Gasteiger charge is 2.20. The van der Waals surface area contributed by atoms with Gasteiger partial charge >= 0.3 is 5.97 Å². The number of imidazole rings is 1. The Morgan fingerprint density at radius 1 is 1.75 bits per heavy atom. The third kappa shape index (κ3) is 2.41. The van der Waals surface area contributed by atoms with Crippen molar-refractivity contribution in [3.63, 3.8) is 0 Å². The minimum atomic E-state index is -0.209. The van der Waals surface area contributed by atoms with Gasteiger partial charge in [0.05, 0.1) is 18.6 Å². The van der Waals surface area contributed by atoms with Crippen LogP contribution in [-0.2, 0) is 16.1 Å². The summed E-state index contributed by atoms with van der Waals surface area (Å²) in [5.41, 5.74) is 1.07. The first-order chi connectivity index (χ1) is 7.81. The standard InChI is InChI=1S/C11H17N3O2/c1-2-16-11(15)7-14-8-12-6-10(14)9-4-3-5-13-9/h6,8-9,13H,2-5,7H2,1H3/t9-/m0/s1. The zero-order valence-electron chi connectivity index (χ0n) is 9.48. The van der Waals surface area contributed by atoms with Gasteiger partial charge in [-0.25, -0.2) is 4.98 Å². The summed E-state index contributed by atoms with van der Waals surface area (Å²) in [7, 11) is 0. The van der Waals surface area contributed by atoms with Crippen LogP contribution >= 0.6 is 0 Å². The molecule has 0 saturated carbocycles. The van der Waals surface area contributed by atoms with E-state index in [9.17, 15) is 4.79 Å². The molecule has 1 saturated heterocycles. The lowest BCUT2D eigenvalue weighted by molar-refractivity contribution is -0.143. The van der Waals surface area contributed by atoms with Crippen molar-refractivity contribution in [1.82, 2.24) is 14.9 Å². The Balaban J connectivity index is 2.03. The summed E-state index contributed by atoms with van der Waals surface area (Å²) in [6.45, 7) is 3.52. The predicted molar refractivity (Wildman–Crippen MR) is 58.8 cm³/mol. The first-order valence-corrected chi connectivity index (χ1v) is 5.70. The van der Waals surface area contributed by atoms with Crippen LogP contribution in [0, 0.1) is 0 Å². The maximum absolute atomic E-state index is 11.4. The summed E-state index contributed by atoms with van der Waals surface area (Å²) in [6.07, 6.45) is 5.79. The van der Waals surface area contributed by atoms with Crippen molar-refractivity contribution >= 4 is 5.97 Å². The van der Waals surface area contributed by atoms with Crippen molar-refractivity contribution in [3.8, 4) is 0 Å². The van der Waals surface area contributed by atoms with Crippen LogP contribution in [0.4, 0.5) is 0 Å². The van der Waals surface area contributed by atoms with Crippen molar-refractivity contribution in [2.75, 3.05) is 13.2 Å². The molecule has 1 atom stereocenters. The van der Waals surface area contributed by atoms with Crippen LogP contribution in [0.1, 0.15) is 31.5 Å². The fourth-order valence-corrected chi connectivity index (χ4v) is 2.04. The Kier molecular flexibility index (Phi) is 3.56. The number of rotatable bonds is 4. The van der Waals surface area contributed by atoms with Gasteiger partial charge in [-0.05, 0) is 26.3 Å². The van der Waals surface area contributed by atoms with Gasteiger partial charge in [0.25, 0.3) is 0 Å². The van der Waals surface area contributed by atoms with Crippen LogP contribution in [0.5, 0.6) is 0 Å². The van der Waals surface area contributed by atoms with Crippen molar-refractivity contribution in [1.29, 1.82) is 0 Å². The van der Waals surface area contributed by atoms with Crippen molar-refractivity contribution in [3.05, 3.63) is 18.2 Å². The average molecular weight is 223 g/mol. The SMILES string of the molecule is CCOC(=O)Cn1cncc1[C@@H]1CCCN1. The summed E-state index contributed by atoms with van der Waals surface area (Å²) in [5, 5.41) is 3.39. The second kappa shape index (κ2) is 5.12. The molecule has 1 aromatic heterocycles. The van der Waals surface area contributed by atoms with Gasteiger partial charge in [-0.3, -0.25) is 4.79 Å². The molecule has 1 aliphatic heterocycles. The Morgan fingerprint density at radius 2 is 2.62 bits per heavy atom. The monoisotopic (exact) mass is 223 g/mol. The van der Waals surface area contributed by atoms with E-state index in [4.69, 9.17) is 4.74 Å². The molecule has 1 fully saturated rings. The molecule has 2 heterocycles. The number of ether oxygens (including phenoxy) is 1. The summed E-state index contributed by atoms with van der Waals surface area (Å²) >= 11 is 0. The highest BCUT2D eigenvalue weighted by Crippen LogP contribution is 2.22. The van der Waals surface area contributed by atoms with Crippen LogP contribution in [0.15, 0.2) is 12.5 Å². The number of aromatic nitrogens is 2. The minimum Gasteiger partial charge on any atom is -0.465 e. The Labute approximate surface area is 94.8 Å². The highest BCUT2D eigenvalue weighted by molar-refractivity contribution is 5.69. The zero-order valence-corrected chi connectivity index (χ0v) is 9.48. The number of nitrogens with one attached hydrogen (secondary N) is 1. The quantitative estimate of drug-likeness (QED) is 0.769. The number of esters is 1. The van der Waals surface area contributed by atoms with Crippen molar-refractivity contribution < 1.29 is 9.53 Å². The fraction of sp³-hybridized carbons (Fsp3) is 0.636. The Bertz CT molecular complexity index is 356. The second-order valence-corrected chi connectivity index (χ2v) is 3.90. The highest BCUT2D eigenvalue weighted by atomic mass is 16.5. The van der Waals surface area contributed by atoms with Gasteiger partial charge in [0.15, 0.2) is 0 Å². The first kappa shape index (κ1) is 11.1. The third-order valence-corrected chi connectivity index (χ3v) is 2.77. The van der Waals surface area contributed by atoms with Crippen LogP contribution in [0.2, 0.25) is 0 Å². The second-order valence-electron chi connectivity index (χ2n) is 3.90. The molecule has 1 aliphatic rings. The van der Waals surface area contributed by atoms with Gasteiger partial charge in [-0.15, -0.1) is 0 Å². The van der Waals surface area contributed by atoms with Crippen molar-refractivity contribution in [2.45, 2.75) is 32.4 Å². The Hall–Kier alpha value is -1.36. The van der Waals surface area contributed by atoms with Gasteiger partial charge < -0.3 is 14.6 Å². The lowest BCUT2D eigenvalue weighted by atomic mass is 10.2. The molecule has 0 radical (unpaired) electrons.